The van der Waals surface area contributed by atoms with Crippen LogP contribution in [0.4, 0.5) is 5.69 Å². The van der Waals surface area contributed by atoms with Crippen molar-refractivity contribution in [2.45, 2.75) is 108 Å². The minimum Gasteiger partial charge on any atom is -0.493 e. The molecule has 0 radical (unpaired) electrons. The molecule has 25 nitrogen and oxygen atoms in total. The SMILES string of the molecule is CCN(CC)CCOc1cccc2c1C(=O)N(Cc1ccc(Cl)c(C)c1)C2=O.CCN(CC)CCOc1cccc2c1C(=O)N(Cc1ccc(Cl)c(C)c1)C2=O.CCOc1cccc2c1C(=O)N(c1ccc(Cl)c(C)c1)C(CCN(C)C)O2.Cc1cc(CN2C(=O)c3cccc(OCCN(C)C)c3C2=O)ccc1Cl.Cc1cc(CN2C(=O)c3cccc(OCCN(C)C)c3C2=O)ccc1Cl. The molecule has 1 unspecified atom stereocenters. The summed E-state index contributed by atoms with van der Waals surface area (Å²) in [5, 5.41) is 3.31. The van der Waals surface area contributed by atoms with Crippen molar-refractivity contribution in [3.63, 3.8) is 0 Å². The molecule has 5 heterocycles. The van der Waals surface area contributed by atoms with Crippen LogP contribution < -0.4 is 33.3 Å². The summed E-state index contributed by atoms with van der Waals surface area (Å²) < 4.78 is 35.2. The van der Waals surface area contributed by atoms with Crippen molar-refractivity contribution in [2.24, 2.45) is 0 Å². The zero-order valence-corrected chi connectivity index (χ0v) is 83.1. The van der Waals surface area contributed by atoms with Crippen LogP contribution in [0.1, 0.15) is 184 Å². The van der Waals surface area contributed by atoms with Gasteiger partial charge in [0, 0.05) is 69.9 Å². The summed E-state index contributed by atoms with van der Waals surface area (Å²) in [6.07, 6.45) is 0.281. The highest BCUT2D eigenvalue weighted by molar-refractivity contribution is 6.33. The minimum absolute atomic E-state index is 0.120. The Morgan fingerprint density at radius 3 is 0.852 bits per heavy atom. The number of halogens is 5. The number of imide groups is 4. The molecule has 0 aromatic heterocycles. The summed E-state index contributed by atoms with van der Waals surface area (Å²) in [5.74, 6) is 0.401. The molecular weight excluding hydrogens is 1820 g/mol. The summed E-state index contributed by atoms with van der Waals surface area (Å²) in [6.45, 7) is 30.5. The fourth-order valence-corrected chi connectivity index (χ4v) is 16.3. The molecule has 135 heavy (non-hydrogen) atoms. The van der Waals surface area contributed by atoms with E-state index in [0.29, 0.717) is 149 Å². The Hall–Kier alpha value is -11.7. The van der Waals surface area contributed by atoms with Gasteiger partial charge in [0.05, 0.1) is 77.3 Å². The highest BCUT2D eigenvalue weighted by Gasteiger charge is 2.44. The molecule has 1 atom stereocenters. The van der Waals surface area contributed by atoms with Gasteiger partial charge in [0.2, 0.25) is 0 Å². The van der Waals surface area contributed by atoms with Gasteiger partial charge in [-0.15, -0.1) is 0 Å². The number of aryl methyl sites for hydroxylation is 5. The van der Waals surface area contributed by atoms with Gasteiger partial charge in [0.1, 0.15) is 66.5 Å². The van der Waals surface area contributed by atoms with Crippen molar-refractivity contribution in [3.8, 4) is 34.5 Å². The standard InChI is InChI=1S/2C22H25ClN2O3.C21H25ClN2O3.2C20H21ClN2O3/c2*1-4-24(5-2)11-12-28-19-8-6-7-17-20(19)22(27)25(21(17)26)14-16-9-10-18(23)15(3)13-16;1-5-26-17-7-6-8-18-20(17)21(25)24(19(27-18)11-12-23(3)4)15-9-10-16(22)14(2)13-15;2*1-13-11-14(7-8-16(13)21)12-23-19(24)15-5-4-6-17(18(15)20(23)25)26-10-9-22(2)3/h2*6-10,13H,4-5,11-12,14H2,1-3H3;6-10,13,19H,5,11-12H2,1-4H3;2*4-8,11H,9-10,12H2,1-3H3. The second kappa shape index (κ2) is 48.1. The van der Waals surface area contributed by atoms with Gasteiger partial charge in [-0.3, -0.25) is 67.7 Å². The van der Waals surface area contributed by atoms with Gasteiger partial charge in [0.25, 0.3) is 53.2 Å². The van der Waals surface area contributed by atoms with Gasteiger partial charge in [-0.2, -0.15) is 0 Å². The Morgan fingerprint density at radius 2 is 0.578 bits per heavy atom. The normalized spacial score (nSPS) is 14.0. The maximum absolute atomic E-state index is 13.5. The third-order valence-corrected chi connectivity index (χ3v) is 25.4. The van der Waals surface area contributed by atoms with Crippen molar-refractivity contribution in [1.29, 1.82) is 0 Å². The first-order chi connectivity index (χ1) is 64.6. The van der Waals surface area contributed by atoms with Gasteiger partial charge in [-0.1, -0.05) is 165 Å². The van der Waals surface area contributed by atoms with Crippen LogP contribution in [0.15, 0.2) is 182 Å². The quantitative estimate of drug-likeness (QED) is 0.0340. The second-order valence-corrected chi connectivity index (χ2v) is 35.8. The van der Waals surface area contributed by atoms with E-state index in [1.165, 1.54) is 19.6 Å². The average Bonchev–Trinajstić information content (AvgIpc) is 1.66. The van der Waals surface area contributed by atoms with Gasteiger partial charge >= 0.3 is 0 Å². The highest BCUT2D eigenvalue weighted by Crippen LogP contribution is 2.42. The smallest absolute Gasteiger partial charge is 0.268 e. The van der Waals surface area contributed by atoms with Crippen molar-refractivity contribution in [1.82, 2.24) is 44.1 Å². The molecule has 0 saturated carbocycles. The second-order valence-electron chi connectivity index (χ2n) is 33.7. The Labute approximate surface area is 816 Å². The largest absolute Gasteiger partial charge is 0.493 e. The lowest BCUT2D eigenvalue weighted by atomic mass is 10.1. The number of nitrogens with zero attached hydrogens (tertiary/aromatic N) is 10. The van der Waals surface area contributed by atoms with Crippen LogP contribution in [0.25, 0.3) is 0 Å². The number of hydrogen-bond donors (Lipinski definition) is 0. The van der Waals surface area contributed by atoms with Crippen LogP contribution >= 0.6 is 58.0 Å². The van der Waals surface area contributed by atoms with E-state index in [-0.39, 0.29) is 79.3 Å². The molecular formula is C105H117Cl5N10O15. The molecule has 5 aliphatic heterocycles. The van der Waals surface area contributed by atoms with E-state index in [9.17, 15) is 43.2 Å². The maximum atomic E-state index is 13.5. The first-order valence-corrected chi connectivity index (χ1v) is 46.9. The minimum atomic E-state index is -0.398. The zero-order chi connectivity index (χ0) is 97.8. The molecule has 0 N–H and O–H groups in total. The Balaban J connectivity index is 0.000000162. The van der Waals surface area contributed by atoms with Crippen LogP contribution in [-0.4, -0.2) is 238 Å². The number of ether oxygens (including phenoxy) is 6. The van der Waals surface area contributed by atoms with Crippen molar-refractivity contribution >= 4 is 117 Å². The summed E-state index contributed by atoms with van der Waals surface area (Å²) in [4.78, 5) is 134. The number of carbonyl (C=O) groups excluding carboxylic acids is 9. The van der Waals surface area contributed by atoms with Gasteiger partial charge in [-0.25, -0.2) is 0 Å². The highest BCUT2D eigenvalue weighted by atomic mass is 35.5. The lowest BCUT2D eigenvalue weighted by molar-refractivity contribution is 0.0625. The lowest BCUT2D eigenvalue weighted by Gasteiger charge is -2.38. The van der Waals surface area contributed by atoms with E-state index < -0.39 is 6.23 Å². The van der Waals surface area contributed by atoms with Crippen molar-refractivity contribution in [2.75, 3.05) is 139 Å². The monoisotopic (exact) mass is 1930 g/mol. The fraction of sp³-hybridized carbons (Fsp3) is 0.343. The van der Waals surface area contributed by atoms with E-state index in [1.54, 1.807) is 108 Å². The fourth-order valence-electron chi connectivity index (χ4n) is 15.7. The molecule has 0 spiro atoms. The number of amides is 9. The Bertz CT molecular complexity index is 5730. The molecule has 9 amide bonds. The third-order valence-electron chi connectivity index (χ3n) is 23.3. The van der Waals surface area contributed by atoms with Crippen LogP contribution in [0.3, 0.4) is 0 Å². The third kappa shape index (κ3) is 25.5. The number of hydrogen-bond acceptors (Lipinski definition) is 20. The number of carbonyl (C=O) groups is 9. The first kappa shape index (κ1) is 104. The molecule has 0 bridgehead atoms. The van der Waals surface area contributed by atoms with E-state index in [1.807, 2.05) is 172 Å². The summed E-state index contributed by atoms with van der Waals surface area (Å²) in [5.41, 5.74) is 12.2. The van der Waals surface area contributed by atoms with Crippen LogP contribution in [0.5, 0.6) is 34.5 Å². The van der Waals surface area contributed by atoms with Gasteiger partial charge in [0.15, 0.2) is 6.23 Å². The number of anilines is 1. The zero-order valence-electron chi connectivity index (χ0n) is 79.3. The number of likely N-dealkylation sites (N-methyl/N-ethyl adjacent to an activating group) is 4. The summed E-state index contributed by atoms with van der Waals surface area (Å²) in [7, 11) is 11.8. The predicted octanol–water partition coefficient (Wildman–Crippen LogP) is 19.5. The van der Waals surface area contributed by atoms with E-state index in [2.05, 4.69) is 42.4 Å². The number of rotatable bonds is 34. The van der Waals surface area contributed by atoms with Crippen molar-refractivity contribution < 1.29 is 71.6 Å². The van der Waals surface area contributed by atoms with E-state index in [4.69, 9.17) is 86.4 Å². The topological polar surface area (TPSA) is 241 Å². The number of benzene rings is 10. The lowest BCUT2D eigenvalue weighted by Crippen LogP contribution is -2.49. The molecule has 712 valence electrons. The molecule has 5 aliphatic rings. The predicted molar refractivity (Wildman–Crippen MR) is 530 cm³/mol. The van der Waals surface area contributed by atoms with E-state index in [0.717, 1.165) is 115 Å². The average molecular weight is 1940 g/mol. The molecule has 0 fully saturated rings. The van der Waals surface area contributed by atoms with Crippen LogP contribution in [-0.2, 0) is 26.2 Å². The van der Waals surface area contributed by atoms with E-state index >= 15 is 0 Å². The Kier molecular flexibility index (Phi) is 37.0. The van der Waals surface area contributed by atoms with Crippen LogP contribution in [0, 0.1) is 34.6 Å². The Morgan fingerprint density at radius 1 is 0.304 bits per heavy atom. The molecule has 10 aromatic carbocycles. The van der Waals surface area contributed by atoms with Crippen LogP contribution in [0.2, 0.25) is 25.1 Å². The molecule has 0 saturated heterocycles. The summed E-state index contributed by atoms with van der Waals surface area (Å²) >= 11 is 30.4. The molecule has 0 aliphatic carbocycles. The van der Waals surface area contributed by atoms with Crippen molar-refractivity contribution in [3.05, 3.63) is 307 Å². The molecule has 10 aromatic rings. The number of fused-ring (bicyclic) bond motifs is 5. The van der Waals surface area contributed by atoms with Gasteiger partial charge in [-0.05, 0) is 263 Å². The molecule has 15 rings (SSSR count). The molecule has 30 heteroatoms. The first-order valence-electron chi connectivity index (χ1n) is 45.0. The summed E-state index contributed by atoms with van der Waals surface area (Å²) in [6, 6.07) is 53.7. The maximum Gasteiger partial charge on any atom is 0.268 e. The van der Waals surface area contributed by atoms with Gasteiger partial charge < -0.3 is 52.9 Å².